The third kappa shape index (κ3) is 4.60. The number of fused-ring (bicyclic) bond motifs is 6. The molecule has 7 rings (SSSR count). The molecule has 4 saturated carbocycles. The molecular weight excluding hydrogens is 558 g/mol. The summed E-state index contributed by atoms with van der Waals surface area (Å²) in [5.74, 6) is 0.00680. The van der Waals surface area contributed by atoms with Crippen LogP contribution in [-0.2, 0) is 21.9 Å². The summed E-state index contributed by atoms with van der Waals surface area (Å²) in [5.41, 5.74) is 0.285. The van der Waals surface area contributed by atoms with Crippen molar-refractivity contribution in [1.29, 1.82) is 0 Å². The molecule has 5 aliphatic rings. The number of benzene rings is 2. The van der Waals surface area contributed by atoms with Crippen LogP contribution in [-0.4, -0.2) is 35.7 Å². The molecule has 1 aliphatic heterocycles. The van der Waals surface area contributed by atoms with Gasteiger partial charge < -0.3 is 10.6 Å². The molecule has 2 aromatic carbocycles. The quantitative estimate of drug-likeness (QED) is 0.406. The van der Waals surface area contributed by atoms with E-state index in [0.717, 1.165) is 61.1 Å². The molecule has 2 N–H and O–H groups in total. The number of halogens is 6. The second-order valence-corrected chi connectivity index (χ2v) is 12.9. The van der Waals surface area contributed by atoms with Gasteiger partial charge in [-0.3, -0.25) is 9.59 Å². The lowest BCUT2D eigenvalue weighted by Crippen LogP contribution is -2.67. The van der Waals surface area contributed by atoms with Crippen molar-refractivity contribution in [2.24, 2.45) is 23.7 Å². The molecule has 5 fully saturated rings. The zero-order chi connectivity index (χ0) is 29.6. The summed E-state index contributed by atoms with van der Waals surface area (Å²) in [4.78, 5) is 27.4. The first kappa shape index (κ1) is 28.1. The Balaban J connectivity index is 1.03. The van der Waals surface area contributed by atoms with E-state index in [0.29, 0.717) is 12.8 Å². The summed E-state index contributed by atoms with van der Waals surface area (Å²) >= 11 is 0. The fraction of sp³-hybridized carbons (Fsp3) is 0.562. The first-order valence-corrected chi connectivity index (χ1v) is 14.8. The molecule has 0 amide bonds. The predicted octanol–water partition coefficient (Wildman–Crippen LogP) is 6.26. The Morgan fingerprint density at radius 1 is 0.548 bits per heavy atom. The number of ketones is 2. The van der Waals surface area contributed by atoms with Crippen LogP contribution in [0.1, 0.15) is 72.6 Å². The number of hydrogen-bond donors (Lipinski definition) is 2. The van der Waals surface area contributed by atoms with Crippen LogP contribution < -0.4 is 10.6 Å². The van der Waals surface area contributed by atoms with Crippen molar-refractivity contribution in [1.82, 2.24) is 10.6 Å². The topological polar surface area (TPSA) is 58.2 Å². The fourth-order valence-corrected chi connectivity index (χ4v) is 8.93. The van der Waals surface area contributed by atoms with Gasteiger partial charge in [0.1, 0.15) is 0 Å². The Hall–Kier alpha value is -2.72. The molecular formula is C32H32F6N2O2. The third-order valence-electron chi connectivity index (χ3n) is 11.0. The number of alkyl halides is 6. The van der Waals surface area contributed by atoms with E-state index >= 15 is 0 Å². The standard InChI is InChI=1S/C32H32F6N2O2/c33-31(34,35)19-7-1-15(2-8-19)17-5-11-21-23(13-17)29(41)27-25(21)39-28-26(40-27)22-12-6-18(14-24(22)30(28)42)16-3-9-20(10-4-16)32(36,37)38/h1-4,7-10,17-18,21-28,39-40H,5-6,11-14H2. The fourth-order valence-electron chi connectivity index (χ4n) is 8.93. The molecule has 0 bridgehead atoms. The van der Waals surface area contributed by atoms with Gasteiger partial charge in [0.15, 0.2) is 11.6 Å². The minimum Gasteiger partial charge on any atom is -0.301 e. The lowest BCUT2D eigenvalue weighted by molar-refractivity contribution is -0.138. The van der Waals surface area contributed by atoms with Crippen LogP contribution in [0, 0.1) is 23.7 Å². The minimum absolute atomic E-state index is 0.0172. The van der Waals surface area contributed by atoms with Crippen LogP contribution in [0.5, 0.6) is 0 Å². The third-order valence-corrected chi connectivity index (χ3v) is 11.0. The number of Topliss-reactive ketones (excluding diaryl/α,β-unsaturated/α-hetero) is 2. The van der Waals surface area contributed by atoms with Gasteiger partial charge in [0.2, 0.25) is 0 Å². The number of rotatable bonds is 2. The lowest BCUT2D eigenvalue weighted by atomic mass is 9.72. The summed E-state index contributed by atoms with van der Waals surface area (Å²) in [5, 5.41) is 7.18. The first-order chi connectivity index (χ1) is 19.9. The summed E-state index contributed by atoms with van der Waals surface area (Å²) in [7, 11) is 0. The van der Waals surface area contributed by atoms with Gasteiger partial charge in [-0.1, -0.05) is 24.3 Å². The normalized spacial score (nSPS) is 38.0. The van der Waals surface area contributed by atoms with Gasteiger partial charge in [0.25, 0.3) is 0 Å². The van der Waals surface area contributed by atoms with Gasteiger partial charge in [-0.05, 0) is 97.6 Å². The Labute approximate surface area is 239 Å². The highest BCUT2D eigenvalue weighted by Gasteiger charge is 2.61. The molecule has 4 nitrogen and oxygen atoms in total. The van der Waals surface area contributed by atoms with Gasteiger partial charge in [-0.25, -0.2) is 0 Å². The van der Waals surface area contributed by atoms with Crippen molar-refractivity contribution in [3.05, 3.63) is 70.8 Å². The van der Waals surface area contributed by atoms with E-state index in [1.54, 1.807) is 0 Å². The number of piperazine rings is 1. The average molecular weight is 591 g/mol. The lowest BCUT2D eigenvalue weighted by Gasteiger charge is -2.41. The van der Waals surface area contributed by atoms with Crippen LogP contribution >= 0.6 is 0 Å². The number of hydrogen-bond acceptors (Lipinski definition) is 4. The van der Waals surface area contributed by atoms with Crippen molar-refractivity contribution < 1.29 is 35.9 Å². The largest absolute Gasteiger partial charge is 0.416 e. The van der Waals surface area contributed by atoms with Crippen molar-refractivity contribution in [2.45, 2.75) is 86.9 Å². The molecule has 42 heavy (non-hydrogen) atoms. The van der Waals surface area contributed by atoms with Crippen LogP contribution in [0.2, 0.25) is 0 Å². The first-order valence-electron chi connectivity index (χ1n) is 14.8. The van der Waals surface area contributed by atoms with E-state index in [-0.39, 0.29) is 59.2 Å². The van der Waals surface area contributed by atoms with E-state index in [9.17, 15) is 35.9 Å². The van der Waals surface area contributed by atoms with Crippen LogP contribution in [0.4, 0.5) is 26.3 Å². The second-order valence-electron chi connectivity index (χ2n) is 12.9. The number of carbonyl (C=O) groups is 2. The minimum atomic E-state index is -4.39. The Kier molecular flexibility index (Phi) is 6.62. The smallest absolute Gasteiger partial charge is 0.301 e. The van der Waals surface area contributed by atoms with Crippen molar-refractivity contribution >= 4 is 11.6 Å². The molecule has 10 heteroatoms. The van der Waals surface area contributed by atoms with E-state index in [1.807, 2.05) is 0 Å². The Morgan fingerprint density at radius 3 is 1.24 bits per heavy atom. The summed E-state index contributed by atoms with van der Waals surface area (Å²) < 4.78 is 78.1. The highest BCUT2D eigenvalue weighted by atomic mass is 19.4. The Morgan fingerprint density at radius 2 is 0.905 bits per heavy atom. The van der Waals surface area contributed by atoms with E-state index in [4.69, 9.17) is 0 Å². The second kappa shape index (κ2) is 9.91. The zero-order valence-electron chi connectivity index (χ0n) is 22.7. The monoisotopic (exact) mass is 590 g/mol. The summed E-state index contributed by atoms with van der Waals surface area (Å²) in [6, 6.07) is 9.43. The number of carbonyl (C=O) groups excluding carboxylic acids is 2. The molecule has 0 aromatic heterocycles. The summed E-state index contributed by atoms with van der Waals surface area (Å²) in [6.45, 7) is 0. The molecule has 2 aromatic rings. The van der Waals surface area contributed by atoms with Crippen LogP contribution in [0.3, 0.4) is 0 Å². The van der Waals surface area contributed by atoms with Gasteiger partial charge in [-0.15, -0.1) is 0 Å². The average Bonchev–Trinajstić information content (AvgIpc) is 3.41. The van der Waals surface area contributed by atoms with Gasteiger partial charge >= 0.3 is 12.4 Å². The molecule has 10 unspecified atom stereocenters. The maximum Gasteiger partial charge on any atom is 0.416 e. The van der Waals surface area contributed by atoms with Crippen molar-refractivity contribution in [3.8, 4) is 0 Å². The number of nitrogens with one attached hydrogen (secondary N) is 2. The summed E-state index contributed by atoms with van der Waals surface area (Å²) in [6.07, 6.45) is -4.54. The maximum atomic E-state index is 13.7. The van der Waals surface area contributed by atoms with Gasteiger partial charge in [0.05, 0.1) is 23.2 Å². The SMILES string of the molecule is O=C1C2CC(c3ccc(C(F)(F)F)cc3)CCC2C2NC3C(=O)C4CC(c5ccc(C(F)(F)F)cc5)CCC4C3NC12. The highest BCUT2D eigenvalue weighted by molar-refractivity contribution is 5.94. The predicted molar refractivity (Wildman–Crippen MR) is 141 cm³/mol. The van der Waals surface area contributed by atoms with Gasteiger partial charge in [-0.2, -0.15) is 26.3 Å². The zero-order valence-corrected chi connectivity index (χ0v) is 22.7. The van der Waals surface area contributed by atoms with Crippen molar-refractivity contribution in [3.63, 3.8) is 0 Å². The molecule has 4 aliphatic carbocycles. The maximum absolute atomic E-state index is 13.7. The van der Waals surface area contributed by atoms with E-state index in [2.05, 4.69) is 10.6 Å². The highest BCUT2D eigenvalue weighted by Crippen LogP contribution is 2.51. The molecule has 1 saturated heterocycles. The van der Waals surface area contributed by atoms with E-state index in [1.165, 1.54) is 24.3 Å². The van der Waals surface area contributed by atoms with Crippen LogP contribution in [0.15, 0.2) is 48.5 Å². The molecule has 0 spiro atoms. The van der Waals surface area contributed by atoms with Crippen LogP contribution in [0.25, 0.3) is 0 Å². The van der Waals surface area contributed by atoms with E-state index < -0.39 is 35.6 Å². The van der Waals surface area contributed by atoms with Crippen molar-refractivity contribution in [2.75, 3.05) is 0 Å². The molecule has 224 valence electrons. The molecule has 10 atom stereocenters. The van der Waals surface area contributed by atoms with Gasteiger partial charge in [0, 0.05) is 23.9 Å². The Bertz CT molecular complexity index is 1270. The molecule has 1 heterocycles. The molecule has 0 radical (unpaired) electrons.